The number of benzene rings is 1. The van der Waals surface area contributed by atoms with Crippen LogP contribution >= 0.6 is 11.6 Å². The van der Waals surface area contributed by atoms with Crippen LogP contribution in [-0.4, -0.2) is 35.6 Å². The van der Waals surface area contributed by atoms with E-state index in [1.165, 1.54) is 13.0 Å². The lowest BCUT2D eigenvalue weighted by Crippen LogP contribution is -2.34. The molecule has 110 valence electrons. The summed E-state index contributed by atoms with van der Waals surface area (Å²) in [5.74, 6) is -0.368. The monoisotopic (exact) mass is 300 g/mol. The van der Waals surface area contributed by atoms with Crippen molar-refractivity contribution in [1.82, 2.24) is 4.90 Å². The van der Waals surface area contributed by atoms with Gasteiger partial charge in [-0.25, -0.2) is 0 Å². The number of hydrogen-bond acceptors (Lipinski definition) is 5. The van der Waals surface area contributed by atoms with E-state index >= 15 is 0 Å². The van der Waals surface area contributed by atoms with Gasteiger partial charge < -0.3 is 4.74 Å². The second-order valence-electron chi connectivity index (χ2n) is 4.43. The molecular weight excluding hydrogens is 284 g/mol. The number of ether oxygens (including phenoxy) is 1. The van der Waals surface area contributed by atoms with E-state index in [-0.39, 0.29) is 11.7 Å². The standard InChI is InChI=1S/C13H17ClN2O4/c1-9(20-10(2)17)15(3)8-7-11-12(14)5-4-6-13(11)16(18)19/h4-6,9H,7-8H2,1-3H3. The Kier molecular flexibility index (Phi) is 5.91. The summed E-state index contributed by atoms with van der Waals surface area (Å²) in [5, 5.41) is 11.3. The Labute approximate surface area is 122 Å². The maximum absolute atomic E-state index is 11.0. The third-order valence-corrected chi connectivity index (χ3v) is 3.32. The molecule has 0 saturated heterocycles. The summed E-state index contributed by atoms with van der Waals surface area (Å²) in [6, 6.07) is 4.60. The molecule has 0 N–H and O–H groups in total. The number of nitro benzene ring substituents is 1. The van der Waals surface area contributed by atoms with Crippen LogP contribution in [0.15, 0.2) is 18.2 Å². The molecule has 0 amide bonds. The first kappa shape index (κ1) is 16.4. The van der Waals surface area contributed by atoms with Gasteiger partial charge in [-0.05, 0) is 26.5 Å². The van der Waals surface area contributed by atoms with Crippen LogP contribution in [0.2, 0.25) is 5.02 Å². The Balaban J connectivity index is 2.75. The third-order valence-electron chi connectivity index (χ3n) is 2.96. The first-order chi connectivity index (χ1) is 9.32. The summed E-state index contributed by atoms with van der Waals surface area (Å²) < 4.78 is 5.03. The molecular formula is C13H17ClN2O4. The van der Waals surface area contributed by atoms with Crippen molar-refractivity contribution in [2.75, 3.05) is 13.6 Å². The molecule has 1 aromatic rings. The Morgan fingerprint density at radius 1 is 1.55 bits per heavy atom. The molecule has 1 unspecified atom stereocenters. The number of rotatable bonds is 6. The molecule has 0 heterocycles. The summed E-state index contributed by atoms with van der Waals surface area (Å²) in [6.45, 7) is 3.56. The second-order valence-corrected chi connectivity index (χ2v) is 4.84. The van der Waals surface area contributed by atoms with Gasteiger partial charge in [-0.1, -0.05) is 17.7 Å². The molecule has 1 atom stereocenters. The minimum absolute atomic E-state index is 0.00559. The van der Waals surface area contributed by atoms with E-state index in [0.29, 0.717) is 23.6 Å². The van der Waals surface area contributed by atoms with E-state index in [1.54, 1.807) is 31.0 Å². The van der Waals surface area contributed by atoms with Crippen LogP contribution in [0.4, 0.5) is 5.69 Å². The van der Waals surface area contributed by atoms with Crippen LogP contribution in [0.3, 0.4) is 0 Å². The number of likely N-dealkylation sites (N-methyl/N-ethyl adjacent to an activating group) is 1. The predicted octanol–water partition coefficient (Wildman–Crippen LogP) is 2.63. The summed E-state index contributed by atoms with van der Waals surface area (Å²) in [4.78, 5) is 23.2. The van der Waals surface area contributed by atoms with E-state index < -0.39 is 11.2 Å². The molecule has 7 heteroatoms. The predicted molar refractivity (Wildman–Crippen MR) is 75.7 cm³/mol. The molecule has 20 heavy (non-hydrogen) atoms. The lowest BCUT2D eigenvalue weighted by atomic mass is 10.1. The largest absolute Gasteiger partial charge is 0.447 e. The number of nitrogens with zero attached hydrogens (tertiary/aromatic N) is 2. The van der Waals surface area contributed by atoms with E-state index in [1.807, 2.05) is 0 Å². The Bertz CT molecular complexity index is 507. The fourth-order valence-electron chi connectivity index (χ4n) is 1.77. The molecule has 0 aromatic heterocycles. The molecule has 1 rings (SSSR count). The zero-order chi connectivity index (χ0) is 15.3. The molecule has 0 bridgehead atoms. The highest BCUT2D eigenvalue weighted by molar-refractivity contribution is 6.31. The van der Waals surface area contributed by atoms with Crippen molar-refractivity contribution in [2.45, 2.75) is 26.5 Å². The Morgan fingerprint density at radius 2 is 2.20 bits per heavy atom. The molecule has 0 radical (unpaired) electrons. The first-order valence-electron chi connectivity index (χ1n) is 6.12. The lowest BCUT2D eigenvalue weighted by Gasteiger charge is -2.24. The van der Waals surface area contributed by atoms with Gasteiger partial charge in [0.05, 0.1) is 9.95 Å². The molecule has 0 spiro atoms. The Hall–Kier alpha value is -1.66. The molecule has 0 fully saturated rings. The maximum atomic E-state index is 11.0. The average molecular weight is 301 g/mol. The first-order valence-corrected chi connectivity index (χ1v) is 6.50. The third kappa shape index (κ3) is 4.47. The quantitative estimate of drug-likeness (QED) is 0.349. The van der Waals surface area contributed by atoms with Crippen molar-refractivity contribution in [3.63, 3.8) is 0 Å². The summed E-state index contributed by atoms with van der Waals surface area (Å²) in [5.41, 5.74) is 0.493. The van der Waals surface area contributed by atoms with Gasteiger partial charge in [0.1, 0.15) is 0 Å². The average Bonchev–Trinajstić information content (AvgIpc) is 2.35. The van der Waals surface area contributed by atoms with E-state index in [2.05, 4.69) is 0 Å². The van der Waals surface area contributed by atoms with Crippen LogP contribution in [0.25, 0.3) is 0 Å². The van der Waals surface area contributed by atoms with Crippen LogP contribution in [0.5, 0.6) is 0 Å². The van der Waals surface area contributed by atoms with Gasteiger partial charge in [0.15, 0.2) is 6.23 Å². The molecule has 6 nitrogen and oxygen atoms in total. The summed E-state index contributed by atoms with van der Waals surface area (Å²) in [7, 11) is 1.77. The van der Waals surface area contributed by atoms with Gasteiger partial charge in [-0.3, -0.25) is 19.8 Å². The van der Waals surface area contributed by atoms with E-state index in [0.717, 1.165) is 0 Å². The molecule has 0 aliphatic rings. The van der Waals surface area contributed by atoms with Gasteiger partial charge in [0.25, 0.3) is 5.69 Å². The molecule has 0 saturated carbocycles. The van der Waals surface area contributed by atoms with Crippen LogP contribution in [-0.2, 0) is 16.0 Å². The van der Waals surface area contributed by atoms with E-state index in [4.69, 9.17) is 16.3 Å². The fourth-order valence-corrected chi connectivity index (χ4v) is 2.03. The minimum Gasteiger partial charge on any atom is -0.447 e. The summed E-state index contributed by atoms with van der Waals surface area (Å²) in [6.07, 6.45) is 0.00648. The second kappa shape index (κ2) is 7.21. The molecule has 0 aliphatic carbocycles. The number of esters is 1. The SMILES string of the molecule is CC(=O)OC(C)N(C)CCc1c(Cl)cccc1[N+](=O)[O-]. The number of carbonyl (C=O) groups excluding carboxylic acids is 1. The van der Waals surface area contributed by atoms with Crippen molar-refractivity contribution < 1.29 is 14.5 Å². The zero-order valence-electron chi connectivity index (χ0n) is 11.6. The molecule has 0 aliphatic heterocycles. The van der Waals surface area contributed by atoms with Gasteiger partial charge in [-0.2, -0.15) is 0 Å². The van der Waals surface area contributed by atoms with Gasteiger partial charge >= 0.3 is 5.97 Å². The topological polar surface area (TPSA) is 72.7 Å². The number of halogens is 1. The van der Waals surface area contributed by atoms with Crippen molar-refractivity contribution in [2.24, 2.45) is 0 Å². The Morgan fingerprint density at radius 3 is 2.75 bits per heavy atom. The summed E-state index contributed by atoms with van der Waals surface area (Å²) >= 11 is 6.01. The maximum Gasteiger partial charge on any atom is 0.304 e. The number of carbonyl (C=O) groups is 1. The number of nitro groups is 1. The van der Waals surface area contributed by atoms with Gasteiger partial charge in [0.2, 0.25) is 0 Å². The van der Waals surface area contributed by atoms with Crippen LogP contribution < -0.4 is 0 Å². The highest BCUT2D eigenvalue weighted by Gasteiger charge is 2.18. The lowest BCUT2D eigenvalue weighted by molar-refractivity contribution is -0.385. The normalized spacial score (nSPS) is 12.2. The minimum atomic E-state index is -0.448. The highest BCUT2D eigenvalue weighted by Crippen LogP contribution is 2.26. The van der Waals surface area contributed by atoms with Gasteiger partial charge in [-0.15, -0.1) is 0 Å². The van der Waals surface area contributed by atoms with Crippen molar-refractivity contribution in [1.29, 1.82) is 0 Å². The van der Waals surface area contributed by atoms with Crippen LogP contribution in [0, 0.1) is 10.1 Å². The van der Waals surface area contributed by atoms with Crippen LogP contribution in [0.1, 0.15) is 19.4 Å². The van der Waals surface area contributed by atoms with Gasteiger partial charge in [0, 0.05) is 25.1 Å². The van der Waals surface area contributed by atoms with Crippen molar-refractivity contribution in [3.8, 4) is 0 Å². The zero-order valence-corrected chi connectivity index (χ0v) is 12.4. The van der Waals surface area contributed by atoms with E-state index in [9.17, 15) is 14.9 Å². The molecule has 1 aromatic carbocycles. The highest BCUT2D eigenvalue weighted by atomic mass is 35.5. The van der Waals surface area contributed by atoms with Crippen molar-refractivity contribution >= 4 is 23.3 Å². The number of hydrogen-bond donors (Lipinski definition) is 0. The smallest absolute Gasteiger partial charge is 0.304 e. The fraction of sp³-hybridized carbons (Fsp3) is 0.462. The van der Waals surface area contributed by atoms with Crippen molar-refractivity contribution in [3.05, 3.63) is 38.9 Å².